The smallest absolute Gasteiger partial charge is 0.328 e. The molecule has 2 heterocycles. The normalized spacial score (nSPS) is 11.9. The van der Waals surface area contributed by atoms with Gasteiger partial charge in [0.25, 0.3) is 5.56 Å². The number of hydrogen-bond acceptors (Lipinski definition) is 6. The number of amides is 1. The van der Waals surface area contributed by atoms with Crippen LogP contribution < -0.4 is 16.6 Å². The van der Waals surface area contributed by atoms with E-state index in [1.807, 2.05) is 31.2 Å². The SMILES string of the molecule is Cc1cccc(-c2noc([C@@H](C)NC(=O)CCn3ccc(=O)[nH]c3=O)n2)c1. The molecular formula is C18H19N5O4. The summed E-state index contributed by atoms with van der Waals surface area (Å²) >= 11 is 0. The minimum Gasteiger partial charge on any atom is -0.345 e. The average Bonchev–Trinajstić information content (AvgIpc) is 3.11. The second-order valence-electron chi connectivity index (χ2n) is 6.17. The van der Waals surface area contributed by atoms with Gasteiger partial charge in [0.15, 0.2) is 0 Å². The third kappa shape index (κ3) is 4.57. The summed E-state index contributed by atoms with van der Waals surface area (Å²) < 4.78 is 6.50. The number of carbonyl (C=O) groups excluding carboxylic acids is 1. The lowest BCUT2D eigenvalue weighted by molar-refractivity contribution is -0.122. The van der Waals surface area contributed by atoms with Crippen molar-refractivity contribution in [3.8, 4) is 11.4 Å². The molecule has 0 radical (unpaired) electrons. The summed E-state index contributed by atoms with van der Waals surface area (Å²) in [6.45, 7) is 3.85. The van der Waals surface area contributed by atoms with E-state index >= 15 is 0 Å². The molecule has 0 aliphatic heterocycles. The van der Waals surface area contributed by atoms with E-state index in [0.717, 1.165) is 11.1 Å². The van der Waals surface area contributed by atoms with Gasteiger partial charge in [-0.05, 0) is 19.9 Å². The van der Waals surface area contributed by atoms with E-state index in [1.54, 1.807) is 6.92 Å². The molecule has 3 rings (SSSR count). The van der Waals surface area contributed by atoms with E-state index in [0.29, 0.717) is 11.7 Å². The maximum Gasteiger partial charge on any atom is 0.328 e. The van der Waals surface area contributed by atoms with Crippen LogP contribution in [0.4, 0.5) is 0 Å². The van der Waals surface area contributed by atoms with Gasteiger partial charge in [-0.2, -0.15) is 4.98 Å². The van der Waals surface area contributed by atoms with Crippen molar-refractivity contribution in [1.29, 1.82) is 0 Å². The van der Waals surface area contributed by atoms with Gasteiger partial charge in [0.1, 0.15) is 6.04 Å². The lowest BCUT2D eigenvalue weighted by atomic mass is 10.1. The number of H-pyrrole nitrogens is 1. The number of hydrogen-bond donors (Lipinski definition) is 2. The van der Waals surface area contributed by atoms with Gasteiger partial charge >= 0.3 is 5.69 Å². The van der Waals surface area contributed by atoms with Crippen LogP contribution >= 0.6 is 0 Å². The van der Waals surface area contributed by atoms with Crippen LogP contribution in [-0.4, -0.2) is 25.6 Å². The van der Waals surface area contributed by atoms with Crippen molar-refractivity contribution in [3.63, 3.8) is 0 Å². The van der Waals surface area contributed by atoms with Crippen molar-refractivity contribution >= 4 is 5.91 Å². The van der Waals surface area contributed by atoms with E-state index in [-0.39, 0.29) is 18.9 Å². The Labute approximate surface area is 154 Å². The monoisotopic (exact) mass is 369 g/mol. The Bertz CT molecular complexity index is 1070. The zero-order chi connectivity index (χ0) is 19.4. The van der Waals surface area contributed by atoms with E-state index in [9.17, 15) is 14.4 Å². The van der Waals surface area contributed by atoms with Crippen molar-refractivity contribution in [2.75, 3.05) is 0 Å². The molecule has 0 spiro atoms. The number of nitrogens with zero attached hydrogens (tertiary/aromatic N) is 3. The number of nitrogens with one attached hydrogen (secondary N) is 2. The van der Waals surface area contributed by atoms with Crippen LogP contribution in [-0.2, 0) is 11.3 Å². The van der Waals surface area contributed by atoms with E-state index in [1.165, 1.54) is 16.8 Å². The summed E-state index contributed by atoms with van der Waals surface area (Å²) in [5, 5.41) is 6.70. The summed E-state index contributed by atoms with van der Waals surface area (Å²) in [5.74, 6) is 0.464. The van der Waals surface area contributed by atoms with Crippen molar-refractivity contribution < 1.29 is 9.32 Å². The molecule has 3 aromatic rings. The minimum absolute atomic E-state index is 0.0646. The summed E-state index contributed by atoms with van der Waals surface area (Å²) in [6.07, 6.45) is 1.42. The number of aryl methyl sites for hydroxylation is 2. The molecule has 0 bridgehead atoms. The highest BCUT2D eigenvalue weighted by Gasteiger charge is 2.17. The molecule has 9 nitrogen and oxygen atoms in total. The van der Waals surface area contributed by atoms with Gasteiger partial charge in [-0.25, -0.2) is 4.79 Å². The van der Waals surface area contributed by atoms with Crippen molar-refractivity contribution in [2.24, 2.45) is 0 Å². The zero-order valence-electron chi connectivity index (χ0n) is 14.9. The maximum absolute atomic E-state index is 12.1. The van der Waals surface area contributed by atoms with Crippen LogP contribution in [0.2, 0.25) is 0 Å². The third-order valence-corrected chi connectivity index (χ3v) is 3.94. The first kappa shape index (κ1) is 18.3. The Morgan fingerprint density at radius 3 is 2.89 bits per heavy atom. The number of aromatic amines is 1. The molecule has 0 aliphatic rings. The second-order valence-corrected chi connectivity index (χ2v) is 6.17. The molecule has 2 aromatic heterocycles. The van der Waals surface area contributed by atoms with Crippen molar-refractivity contribution in [2.45, 2.75) is 32.9 Å². The molecule has 1 aromatic carbocycles. The minimum atomic E-state index is -0.553. The first-order valence-corrected chi connectivity index (χ1v) is 8.42. The van der Waals surface area contributed by atoms with E-state index < -0.39 is 17.3 Å². The Morgan fingerprint density at radius 2 is 2.15 bits per heavy atom. The van der Waals surface area contributed by atoms with Gasteiger partial charge in [0.2, 0.25) is 17.6 Å². The summed E-state index contributed by atoms with van der Waals surface area (Å²) in [4.78, 5) is 41.2. The number of rotatable bonds is 6. The summed E-state index contributed by atoms with van der Waals surface area (Å²) in [6, 6.07) is 8.46. The molecule has 0 saturated carbocycles. The van der Waals surface area contributed by atoms with Gasteiger partial charge in [0, 0.05) is 30.8 Å². The molecule has 0 aliphatic carbocycles. The van der Waals surface area contributed by atoms with Crippen LogP contribution in [0.5, 0.6) is 0 Å². The lowest BCUT2D eigenvalue weighted by Gasteiger charge is -2.10. The molecule has 2 N–H and O–H groups in total. The van der Waals surface area contributed by atoms with Crippen LogP contribution in [0, 0.1) is 6.92 Å². The molecule has 1 atom stereocenters. The van der Waals surface area contributed by atoms with Gasteiger partial charge in [-0.3, -0.25) is 14.6 Å². The average molecular weight is 369 g/mol. The van der Waals surface area contributed by atoms with Crippen LogP contribution in [0.15, 0.2) is 50.6 Å². The molecule has 9 heteroatoms. The quantitative estimate of drug-likeness (QED) is 0.672. The lowest BCUT2D eigenvalue weighted by Crippen LogP contribution is -2.32. The van der Waals surface area contributed by atoms with Gasteiger partial charge in [-0.15, -0.1) is 0 Å². The van der Waals surface area contributed by atoms with Gasteiger partial charge < -0.3 is 14.4 Å². The molecule has 0 unspecified atom stereocenters. The summed E-state index contributed by atoms with van der Waals surface area (Å²) in [5.41, 5.74) is 0.886. The Kier molecular flexibility index (Phi) is 5.30. The number of benzene rings is 1. The topological polar surface area (TPSA) is 123 Å². The highest BCUT2D eigenvalue weighted by molar-refractivity contribution is 5.76. The van der Waals surface area contributed by atoms with Crippen molar-refractivity contribution in [3.05, 3.63) is 68.8 Å². The maximum atomic E-state index is 12.1. The second kappa shape index (κ2) is 7.81. The first-order chi connectivity index (χ1) is 12.9. The first-order valence-electron chi connectivity index (χ1n) is 8.42. The third-order valence-electron chi connectivity index (χ3n) is 3.94. The van der Waals surface area contributed by atoms with Crippen LogP contribution in [0.1, 0.15) is 30.8 Å². The number of aromatic nitrogens is 4. The number of carbonyl (C=O) groups is 1. The molecule has 27 heavy (non-hydrogen) atoms. The van der Waals surface area contributed by atoms with Crippen molar-refractivity contribution in [1.82, 2.24) is 25.0 Å². The molecule has 1 amide bonds. The fraction of sp³-hybridized carbons (Fsp3) is 0.278. The van der Waals surface area contributed by atoms with E-state index in [2.05, 4.69) is 20.4 Å². The molecule has 0 saturated heterocycles. The largest absolute Gasteiger partial charge is 0.345 e. The van der Waals surface area contributed by atoms with Gasteiger partial charge in [0.05, 0.1) is 0 Å². The Hall–Kier alpha value is -3.49. The van der Waals surface area contributed by atoms with E-state index in [4.69, 9.17) is 4.52 Å². The zero-order valence-corrected chi connectivity index (χ0v) is 14.9. The molecular weight excluding hydrogens is 350 g/mol. The summed E-state index contributed by atoms with van der Waals surface area (Å²) in [7, 11) is 0. The Morgan fingerprint density at radius 1 is 1.33 bits per heavy atom. The highest BCUT2D eigenvalue weighted by atomic mass is 16.5. The van der Waals surface area contributed by atoms with Crippen LogP contribution in [0.3, 0.4) is 0 Å². The predicted octanol–water partition coefficient (Wildman–Crippen LogP) is 1.16. The highest BCUT2D eigenvalue weighted by Crippen LogP contribution is 2.19. The fourth-order valence-corrected chi connectivity index (χ4v) is 2.53. The van der Waals surface area contributed by atoms with Crippen LogP contribution in [0.25, 0.3) is 11.4 Å². The molecule has 0 fully saturated rings. The standard InChI is InChI=1S/C18H19N5O4/c1-11-4-3-5-13(10-11)16-21-17(27-22-16)12(2)19-14(24)6-8-23-9-7-15(25)20-18(23)26/h3-5,7,9-10,12H,6,8H2,1-2H3,(H,19,24)(H,20,25,26)/t12-/m1/s1. The van der Waals surface area contributed by atoms with Gasteiger partial charge in [-0.1, -0.05) is 28.9 Å². The predicted molar refractivity (Wildman–Crippen MR) is 97.0 cm³/mol. The Balaban J connectivity index is 1.60. The fourth-order valence-electron chi connectivity index (χ4n) is 2.53. The molecule has 140 valence electrons.